The molecule has 1 rings (SSSR count). The molecule has 16 heavy (non-hydrogen) atoms. The molecule has 5 heteroatoms. The second-order valence-corrected chi connectivity index (χ2v) is 3.81. The molecule has 0 aliphatic rings. The second-order valence-electron chi connectivity index (χ2n) is 3.81. The lowest BCUT2D eigenvalue weighted by Crippen LogP contribution is -2.37. The van der Waals surface area contributed by atoms with Crippen molar-refractivity contribution in [1.29, 1.82) is 0 Å². The van der Waals surface area contributed by atoms with Crippen molar-refractivity contribution < 1.29 is 9.90 Å². The van der Waals surface area contributed by atoms with Gasteiger partial charge in [-0.3, -0.25) is 4.79 Å². The van der Waals surface area contributed by atoms with Crippen LogP contribution in [-0.2, 0) is 17.9 Å². The number of nitrogens with two attached hydrogens (primary N) is 1. The molecule has 0 spiro atoms. The first kappa shape index (κ1) is 12.7. The van der Waals surface area contributed by atoms with Gasteiger partial charge in [-0.05, 0) is 18.1 Å². The van der Waals surface area contributed by atoms with Crippen LogP contribution in [0.4, 0.5) is 0 Å². The molecule has 0 radical (unpaired) electrons. The van der Waals surface area contributed by atoms with Gasteiger partial charge < -0.3 is 20.7 Å². The molecule has 0 fully saturated rings. The lowest BCUT2D eigenvalue weighted by Gasteiger charge is -2.07. The van der Waals surface area contributed by atoms with Crippen LogP contribution in [0.1, 0.15) is 18.9 Å². The zero-order valence-corrected chi connectivity index (χ0v) is 9.52. The number of carbonyl (C=O) groups excluding carboxylic acids is 1. The SMILES string of the molecule is CCCn1ccc(CNCC(O)C(N)=O)c1. The molecule has 0 aliphatic heterocycles. The zero-order chi connectivity index (χ0) is 12.0. The second kappa shape index (κ2) is 6.30. The Labute approximate surface area is 95.3 Å². The number of hydrogen-bond donors (Lipinski definition) is 3. The first-order chi connectivity index (χ1) is 7.63. The lowest BCUT2D eigenvalue weighted by atomic mass is 10.3. The van der Waals surface area contributed by atoms with Gasteiger partial charge in [-0.1, -0.05) is 6.92 Å². The quantitative estimate of drug-likeness (QED) is 0.603. The van der Waals surface area contributed by atoms with Gasteiger partial charge in [0.2, 0.25) is 5.91 Å². The largest absolute Gasteiger partial charge is 0.382 e. The van der Waals surface area contributed by atoms with Crippen molar-refractivity contribution in [2.45, 2.75) is 32.5 Å². The Balaban J connectivity index is 2.29. The Morgan fingerprint density at radius 1 is 1.69 bits per heavy atom. The van der Waals surface area contributed by atoms with E-state index in [1.807, 2.05) is 18.5 Å². The number of primary amides is 1. The molecule has 1 atom stereocenters. The summed E-state index contributed by atoms with van der Waals surface area (Å²) in [5.74, 6) is -0.698. The van der Waals surface area contributed by atoms with Crippen molar-refractivity contribution in [2.75, 3.05) is 6.54 Å². The molecule has 5 nitrogen and oxygen atoms in total. The van der Waals surface area contributed by atoms with Crippen LogP contribution in [0.15, 0.2) is 18.5 Å². The maximum Gasteiger partial charge on any atom is 0.247 e. The van der Waals surface area contributed by atoms with Crippen LogP contribution in [0.25, 0.3) is 0 Å². The van der Waals surface area contributed by atoms with Crippen molar-refractivity contribution >= 4 is 5.91 Å². The fraction of sp³-hybridized carbons (Fsp3) is 0.545. The predicted molar refractivity (Wildman–Crippen MR) is 61.6 cm³/mol. The summed E-state index contributed by atoms with van der Waals surface area (Å²) in [7, 11) is 0. The Bertz CT molecular complexity index is 336. The van der Waals surface area contributed by atoms with Gasteiger partial charge in [0.05, 0.1) is 0 Å². The van der Waals surface area contributed by atoms with Gasteiger partial charge in [0.1, 0.15) is 6.10 Å². The number of hydrogen-bond acceptors (Lipinski definition) is 3. The molecular formula is C11H19N3O2. The van der Waals surface area contributed by atoms with Crippen LogP contribution in [0.2, 0.25) is 0 Å². The Hall–Kier alpha value is -1.33. The summed E-state index contributed by atoms with van der Waals surface area (Å²) < 4.78 is 2.11. The standard InChI is InChI=1S/C11H19N3O2/c1-2-4-14-5-3-9(8-14)6-13-7-10(15)11(12)16/h3,5,8,10,13,15H,2,4,6-7H2,1H3,(H2,12,16). The summed E-state index contributed by atoms with van der Waals surface area (Å²) in [5.41, 5.74) is 6.06. The Morgan fingerprint density at radius 2 is 2.44 bits per heavy atom. The topological polar surface area (TPSA) is 80.3 Å². The molecule has 4 N–H and O–H groups in total. The maximum absolute atomic E-state index is 10.6. The maximum atomic E-state index is 10.6. The van der Waals surface area contributed by atoms with Crippen LogP contribution in [0.3, 0.4) is 0 Å². The van der Waals surface area contributed by atoms with Gasteiger partial charge >= 0.3 is 0 Å². The number of nitrogens with zero attached hydrogens (tertiary/aromatic N) is 1. The average Bonchev–Trinajstić information content (AvgIpc) is 2.66. The van der Waals surface area contributed by atoms with Gasteiger partial charge in [0, 0.05) is 32.0 Å². The van der Waals surface area contributed by atoms with Gasteiger partial charge in [0.15, 0.2) is 0 Å². The predicted octanol–water partition coefficient (Wildman–Crippen LogP) is -0.166. The normalized spacial score (nSPS) is 12.6. The number of carbonyl (C=O) groups is 1. The van der Waals surface area contributed by atoms with Gasteiger partial charge in [-0.25, -0.2) is 0 Å². The van der Waals surface area contributed by atoms with E-state index in [2.05, 4.69) is 16.8 Å². The van der Waals surface area contributed by atoms with E-state index < -0.39 is 12.0 Å². The third kappa shape index (κ3) is 4.04. The fourth-order valence-electron chi connectivity index (χ4n) is 1.45. The van der Waals surface area contributed by atoms with Crippen LogP contribution in [0.5, 0.6) is 0 Å². The number of aliphatic hydroxyl groups excluding tert-OH is 1. The van der Waals surface area contributed by atoms with E-state index in [0.29, 0.717) is 6.54 Å². The number of amides is 1. The minimum atomic E-state index is -1.11. The molecule has 1 unspecified atom stereocenters. The first-order valence-corrected chi connectivity index (χ1v) is 5.46. The monoisotopic (exact) mass is 225 g/mol. The van der Waals surface area contributed by atoms with Gasteiger partial charge in [-0.15, -0.1) is 0 Å². The fourth-order valence-corrected chi connectivity index (χ4v) is 1.45. The summed E-state index contributed by atoms with van der Waals surface area (Å²) in [6, 6.07) is 2.01. The van der Waals surface area contributed by atoms with E-state index in [4.69, 9.17) is 10.8 Å². The van der Waals surface area contributed by atoms with E-state index in [-0.39, 0.29) is 6.54 Å². The summed E-state index contributed by atoms with van der Waals surface area (Å²) >= 11 is 0. The van der Waals surface area contributed by atoms with Crippen LogP contribution in [0, 0.1) is 0 Å². The molecule has 0 bridgehead atoms. The summed E-state index contributed by atoms with van der Waals surface area (Å²) in [6.45, 7) is 3.94. The molecule has 1 aromatic rings. The Morgan fingerprint density at radius 3 is 3.06 bits per heavy atom. The first-order valence-electron chi connectivity index (χ1n) is 5.46. The summed E-state index contributed by atoms with van der Waals surface area (Å²) in [4.78, 5) is 10.6. The number of rotatable bonds is 7. The number of aromatic nitrogens is 1. The van der Waals surface area contributed by atoms with E-state index in [1.54, 1.807) is 0 Å². The minimum absolute atomic E-state index is 0.189. The summed E-state index contributed by atoms with van der Waals surface area (Å²) in [5, 5.41) is 12.1. The average molecular weight is 225 g/mol. The van der Waals surface area contributed by atoms with Crippen LogP contribution < -0.4 is 11.1 Å². The molecule has 0 saturated carbocycles. The lowest BCUT2D eigenvalue weighted by molar-refractivity contribution is -0.125. The van der Waals surface area contributed by atoms with Crippen LogP contribution >= 0.6 is 0 Å². The third-order valence-electron chi connectivity index (χ3n) is 2.29. The van der Waals surface area contributed by atoms with Gasteiger partial charge in [-0.2, -0.15) is 0 Å². The Kier molecular flexibility index (Phi) is 5.01. The third-order valence-corrected chi connectivity index (χ3v) is 2.29. The molecular weight excluding hydrogens is 206 g/mol. The van der Waals surface area contributed by atoms with E-state index in [1.165, 1.54) is 0 Å². The number of nitrogens with one attached hydrogen (secondary N) is 1. The number of aryl methyl sites for hydroxylation is 1. The molecule has 1 aromatic heterocycles. The highest BCUT2D eigenvalue weighted by atomic mass is 16.3. The zero-order valence-electron chi connectivity index (χ0n) is 9.52. The minimum Gasteiger partial charge on any atom is -0.382 e. The molecule has 90 valence electrons. The molecule has 0 saturated heterocycles. The van der Waals surface area contributed by atoms with Crippen molar-refractivity contribution in [3.05, 3.63) is 24.0 Å². The van der Waals surface area contributed by atoms with E-state index in [0.717, 1.165) is 18.5 Å². The molecule has 1 heterocycles. The van der Waals surface area contributed by atoms with E-state index in [9.17, 15) is 4.79 Å². The molecule has 0 aliphatic carbocycles. The highest BCUT2D eigenvalue weighted by Gasteiger charge is 2.09. The van der Waals surface area contributed by atoms with E-state index >= 15 is 0 Å². The summed E-state index contributed by atoms with van der Waals surface area (Å²) in [6.07, 6.45) is 4.05. The van der Waals surface area contributed by atoms with Gasteiger partial charge in [0.25, 0.3) is 0 Å². The van der Waals surface area contributed by atoms with Crippen LogP contribution in [-0.4, -0.2) is 28.2 Å². The van der Waals surface area contributed by atoms with Crippen molar-refractivity contribution in [3.63, 3.8) is 0 Å². The highest BCUT2D eigenvalue weighted by molar-refractivity contribution is 5.78. The molecule has 0 aromatic carbocycles. The smallest absolute Gasteiger partial charge is 0.247 e. The van der Waals surface area contributed by atoms with Crippen molar-refractivity contribution in [3.8, 4) is 0 Å². The number of aliphatic hydroxyl groups is 1. The van der Waals surface area contributed by atoms with Crippen molar-refractivity contribution in [2.24, 2.45) is 5.73 Å². The highest BCUT2D eigenvalue weighted by Crippen LogP contribution is 2.01. The van der Waals surface area contributed by atoms with Crippen molar-refractivity contribution in [1.82, 2.24) is 9.88 Å². The molecule has 1 amide bonds.